The van der Waals surface area contributed by atoms with Gasteiger partial charge in [0.2, 0.25) is 11.5 Å². The molecule has 0 aliphatic carbocycles. The molecule has 3 heterocycles. The van der Waals surface area contributed by atoms with Crippen molar-refractivity contribution in [1.82, 2.24) is 15.1 Å². The van der Waals surface area contributed by atoms with Crippen molar-refractivity contribution in [2.45, 2.75) is 37.3 Å². The van der Waals surface area contributed by atoms with Crippen molar-refractivity contribution >= 4 is 17.7 Å². The molecule has 44 heavy (non-hydrogen) atoms. The third-order valence-corrected chi connectivity index (χ3v) is 7.69. The molecule has 1 unspecified atom stereocenters. The Morgan fingerprint density at radius 2 is 1.50 bits per heavy atom. The van der Waals surface area contributed by atoms with Gasteiger partial charge in [0.1, 0.15) is 12.4 Å². The minimum absolute atomic E-state index is 0.154. The Balaban J connectivity index is 1.52. The molecule has 2 fully saturated rings. The second-order valence-corrected chi connectivity index (χ2v) is 10.3. The summed E-state index contributed by atoms with van der Waals surface area (Å²) in [5, 5.41) is 105. The molecule has 5 rings (SSSR count). The van der Waals surface area contributed by atoms with Crippen LogP contribution in [0.2, 0.25) is 0 Å². The lowest BCUT2D eigenvalue weighted by Gasteiger charge is -2.44. The van der Waals surface area contributed by atoms with Crippen LogP contribution in [-0.4, -0.2) is 123 Å². The van der Waals surface area contributed by atoms with Crippen LogP contribution in [0.5, 0.6) is 40.2 Å². The van der Waals surface area contributed by atoms with E-state index in [9.17, 15) is 65.4 Å². The smallest absolute Gasteiger partial charge is 0.303 e. The second-order valence-electron chi connectivity index (χ2n) is 10.3. The number of amides is 3. The molecule has 0 aromatic heterocycles. The third-order valence-electron chi connectivity index (χ3n) is 7.69. The molecule has 1 atom stereocenters. The molecule has 11 N–H and O–H groups in total. The van der Waals surface area contributed by atoms with E-state index in [1.54, 1.807) is 4.90 Å². The number of hydrogen-bond acceptors (Lipinski definition) is 16. The summed E-state index contributed by atoms with van der Waals surface area (Å²) in [6.07, 6.45) is 0. The third kappa shape index (κ3) is 4.44. The van der Waals surface area contributed by atoms with Gasteiger partial charge in [-0.1, -0.05) is 0 Å². The van der Waals surface area contributed by atoms with Crippen molar-refractivity contribution in [3.63, 3.8) is 0 Å². The van der Waals surface area contributed by atoms with E-state index in [0.717, 1.165) is 0 Å². The van der Waals surface area contributed by atoms with Gasteiger partial charge in [0.25, 0.3) is 23.5 Å². The predicted molar refractivity (Wildman–Crippen MR) is 134 cm³/mol. The number of carbonyl (C=O) groups is 3. The highest BCUT2D eigenvalue weighted by Gasteiger charge is 2.67. The Hall–Kier alpha value is -4.66. The van der Waals surface area contributed by atoms with Gasteiger partial charge in [-0.2, -0.15) is 0 Å². The van der Waals surface area contributed by atoms with Crippen LogP contribution in [0.1, 0.15) is 27.0 Å². The lowest BCUT2D eigenvalue weighted by Crippen LogP contribution is -2.79. The normalized spacial score (nSPS) is 21.3. The molecule has 0 saturated carbocycles. The van der Waals surface area contributed by atoms with Crippen molar-refractivity contribution < 1.29 is 79.3 Å². The first-order valence-electron chi connectivity index (χ1n) is 12.7. The Bertz CT molecular complexity index is 1590. The molecule has 3 aliphatic rings. The van der Waals surface area contributed by atoms with Gasteiger partial charge in [-0.15, -0.1) is 0 Å². The zero-order valence-corrected chi connectivity index (χ0v) is 22.3. The van der Waals surface area contributed by atoms with E-state index >= 15 is 4.39 Å². The van der Waals surface area contributed by atoms with E-state index < -0.39 is 111 Å². The highest BCUT2D eigenvalue weighted by Crippen LogP contribution is 2.52. The number of fused-ring (bicyclic) bond motifs is 1. The average molecular weight is 627 g/mol. The van der Waals surface area contributed by atoms with Crippen LogP contribution in [0, 0.1) is 5.82 Å². The Labute approximate surface area is 244 Å². The van der Waals surface area contributed by atoms with Crippen LogP contribution in [0.25, 0.3) is 0 Å². The summed E-state index contributed by atoms with van der Waals surface area (Å²) in [5.41, 5.74) is -2.44. The number of phenols is 6. The van der Waals surface area contributed by atoms with Crippen LogP contribution in [-0.2, 0) is 34.0 Å². The number of aromatic hydroxyl groups is 6. The molecule has 238 valence electrons. The van der Waals surface area contributed by atoms with Crippen LogP contribution in [0.15, 0.2) is 0 Å². The Morgan fingerprint density at radius 1 is 0.864 bits per heavy atom. The molecule has 19 heteroatoms. The van der Waals surface area contributed by atoms with Gasteiger partial charge in [-0.05, 0) is 0 Å². The summed E-state index contributed by atoms with van der Waals surface area (Å²) in [7, 11) is 0. The molecule has 2 aromatic rings. The molecule has 3 amide bonds. The average Bonchev–Trinajstić information content (AvgIpc) is 3.30. The van der Waals surface area contributed by atoms with Gasteiger partial charge in [0.15, 0.2) is 34.9 Å². The van der Waals surface area contributed by atoms with Crippen molar-refractivity contribution in [3.05, 3.63) is 28.1 Å². The Kier molecular flexibility index (Phi) is 7.35. The van der Waals surface area contributed by atoms with E-state index in [4.69, 9.17) is 9.47 Å². The number of benzene rings is 2. The number of morpholine rings is 1. The number of piperidine rings is 1. The number of rotatable bonds is 6. The second kappa shape index (κ2) is 10.5. The summed E-state index contributed by atoms with van der Waals surface area (Å²) < 4.78 is 25.7. The first-order valence-corrected chi connectivity index (χ1v) is 12.7. The van der Waals surface area contributed by atoms with Gasteiger partial charge in [-0.25, -0.2) is 4.39 Å². The molecule has 18 nitrogen and oxygen atoms in total. The minimum Gasteiger partial charge on any atom is -0.507 e. The minimum atomic E-state index is -4.01. The zero-order chi connectivity index (χ0) is 32.5. The highest BCUT2D eigenvalue weighted by atomic mass is 19.1. The molecular formula is C25H26FN3O15. The number of imide groups is 1. The fraction of sp³-hybridized carbons (Fsp3) is 0.400. The first kappa shape index (κ1) is 30.8. The topological polar surface area (TPSA) is 290 Å². The number of nitrogens with one attached hydrogen (secondary N) is 1. The van der Waals surface area contributed by atoms with Crippen LogP contribution >= 0.6 is 0 Å². The lowest BCUT2D eigenvalue weighted by molar-refractivity contribution is -0.355. The van der Waals surface area contributed by atoms with Gasteiger partial charge in [0, 0.05) is 25.2 Å². The number of nitrogens with zero attached hydrogens (tertiary/aromatic N) is 2. The van der Waals surface area contributed by atoms with E-state index in [1.807, 2.05) is 0 Å². The number of ether oxygens (including phenoxy) is 2. The SMILES string of the molecule is O=C1NC(=O)C(O)(O)C(O)(O)C1N1Cc2c(OCc3c(O)c(CN4CCOCC4)c(O)c(O)c3F)c(O)c(O)c(O)c2C1=O. The van der Waals surface area contributed by atoms with Crippen LogP contribution in [0.3, 0.4) is 0 Å². The van der Waals surface area contributed by atoms with Gasteiger partial charge < -0.3 is 65.4 Å². The van der Waals surface area contributed by atoms with Crippen LogP contribution < -0.4 is 10.1 Å². The summed E-state index contributed by atoms with van der Waals surface area (Å²) in [6, 6.07) is -2.62. The van der Waals surface area contributed by atoms with Crippen molar-refractivity contribution in [1.29, 1.82) is 0 Å². The molecule has 0 spiro atoms. The monoisotopic (exact) mass is 627 g/mol. The molecule has 2 saturated heterocycles. The molecular weight excluding hydrogens is 601 g/mol. The summed E-state index contributed by atoms with van der Waals surface area (Å²) in [6.45, 7) is -0.738. The molecule has 0 radical (unpaired) electrons. The summed E-state index contributed by atoms with van der Waals surface area (Å²) in [4.78, 5) is 39.5. The molecule has 0 bridgehead atoms. The first-order chi connectivity index (χ1) is 20.5. The van der Waals surface area contributed by atoms with Crippen molar-refractivity contribution in [3.8, 4) is 40.2 Å². The fourth-order valence-corrected chi connectivity index (χ4v) is 5.23. The lowest BCUT2D eigenvalue weighted by atomic mass is 9.90. The maximum absolute atomic E-state index is 15.0. The van der Waals surface area contributed by atoms with Crippen molar-refractivity contribution in [2.75, 3.05) is 26.3 Å². The molecule has 3 aliphatic heterocycles. The highest BCUT2D eigenvalue weighted by molar-refractivity contribution is 6.10. The van der Waals surface area contributed by atoms with E-state index in [1.165, 1.54) is 5.32 Å². The maximum atomic E-state index is 15.0. The van der Waals surface area contributed by atoms with Gasteiger partial charge >= 0.3 is 5.79 Å². The zero-order valence-electron chi connectivity index (χ0n) is 22.3. The predicted octanol–water partition coefficient (Wildman–Crippen LogP) is -3.19. The van der Waals surface area contributed by atoms with Gasteiger partial charge in [0.05, 0.1) is 36.4 Å². The fourth-order valence-electron chi connectivity index (χ4n) is 5.23. The number of aliphatic hydroxyl groups is 4. The maximum Gasteiger partial charge on any atom is 0.303 e. The van der Waals surface area contributed by atoms with E-state index in [2.05, 4.69) is 0 Å². The van der Waals surface area contributed by atoms with Crippen molar-refractivity contribution in [2.24, 2.45) is 0 Å². The number of halogens is 1. The summed E-state index contributed by atoms with van der Waals surface area (Å²) >= 11 is 0. The Morgan fingerprint density at radius 3 is 2.14 bits per heavy atom. The van der Waals surface area contributed by atoms with Gasteiger partial charge in [-0.3, -0.25) is 24.6 Å². The van der Waals surface area contributed by atoms with E-state index in [0.29, 0.717) is 26.3 Å². The standard InChI is InChI=1S/C25H26FN3O15/c26-12-10(13(30)9(14(31)16(12)33)5-28-1-3-43-4-2-28)7-44-19-8-6-29(22(37)11(8)15(32)17(34)18(19)35)20-21(36)27-23(38)25(41,42)24(20,39)40/h20,30-35,39-42H,1-7H2,(H,27,36,38). The molecule has 2 aromatic carbocycles. The van der Waals surface area contributed by atoms with E-state index in [-0.39, 0.29) is 17.0 Å². The summed E-state index contributed by atoms with van der Waals surface area (Å²) in [5.74, 6) is -22.3. The largest absolute Gasteiger partial charge is 0.507 e. The number of carbonyl (C=O) groups excluding carboxylic acids is 3. The van der Waals surface area contributed by atoms with Crippen LogP contribution in [0.4, 0.5) is 4.39 Å². The quantitative estimate of drug-likeness (QED) is 0.0651. The number of hydrogen-bond donors (Lipinski definition) is 11. The number of phenolic OH excluding ortho intramolecular Hbond substituents is 6.